The summed E-state index contributed by atoms with van der Waals surface area (Å²) in [5, 5.41) is 23.2. The Morgan fingerprint density at radius 2 is 1.90 bits per heavy atom. The van der Waals surface area contributed by atoms with E-state index >= 15 is 0 Å². The van der Waals surface area contributed by atoms with Gasteiger partial charge in [0.1, 0.15) is 24.7 Å². The molecule has 0 aliphatic carbocycles. The van der Waals surface area contributed by atoms with Crippen LogP contribution < -0.4 is 19.1 Å². The Morgan fingerprint density at radius 3 is 2.67 bits per heavy atom. The number of ether oxygens (including phenoxy) is 3. The molecule has 196 valence electrons. The Balaban J connectivity index is 1.55. The van der Waals surface area contributed by atoms with E-state index in [0.717, 1.165) is 11.3 Å². The molecule has 0 bridgehead atoms. The molecule has 2 aliphatic heterocycles. The maximum Gasteiger partial charge on any atom is 0.301 e. The number of methoxy groups -OCH3 is 1. The highest BCUT2D eigenvalue weighted by molar-refractivity contribution is 7.22. The fourth-order valence-corrected chi connectivity index (χ4v) is 5.64. The minimum atomic E-state index is -1.18. The van der Waals surface area contributed by atoms with Crippen LogP contribution in [0.5, 0.6) is 17.2 Å². The molecule has 1 unspecified atom stereocenters. The van der Waals surface area contributed by atoms with Crippen molar-refractivity contribution in [2.75, 3.05) is 25.2 Å². The molecule has 2 aliphatic rings. The number of aromatic nitrogens is 1. The van der Waals surface area contributed by atoms with Crippen molar-refractivity contribution in [2.24, 2.45) is 0 Å². The minimum Gasteiger partial charge on any atom is -0.507 e. The normalized spacial score (nSPS) is 18.0. The van der Waals surface area contributed by atoms with Crippen LogP contribution in [0.15, 0.2) is 66.2 Å². The first-order valence-corrected chi connectivity index (χ1v) is 12.6. The monoisotopic (exact) mass is 545 g/mol. The summed E-state index contributed by atoms with van der Waals surface area (Å²) < 4.78 is 17.1. The second-order valence-corrected chi connectivity index (χ2v) is 9.72. The maximum atomic E-state index is 13.5. The van der Waals surface area contributed by atoms with Crippen LogP contribution in [0.3, 0.4) is 0 Å². The van der Waals surface area contributed by atoms with E-state index in [-0.39, 0.29) is 27.5 Å². The van der Waals surface area contributed by atoms with Gasteiger partial charge in [-0.25, -0.2) is 4.98 Å². The lowest BCUT2D eigenvalue weighted by atomic mass is 9.95. The van der Waals surface area contributed by atoms with Crippen LogP contribution >= 0.6 is 11.3 Å². The third-order valence-corrected chi connectivity index (χ3v) is 7.46. The van der Waals surface area contributed by atoms with Crippen LogP contribution in [0.4, 0.5) is 10.8 Å². The van der Waals surface area contributed by atoms with Crippen molar-refractivity contribution in [3.05, 3.63) is 87.5 Å². The molecule has 11 nitrogen and oxygen atoms in total. The number of anilines is 1. The number of benzene rings is 3. The van der Waals surface area contributed by atoms with E-state index in [2.05, 4.69) is 4.98 Å². The molecule has 39 heavy (non-hydrogen) atoms. The number of nitro benzene ring substituents is 1. The summed E-state index contributed by atoms with van der Waals surface area (Å²) in [5.41, 5.74) is 0.601. The molecule has 1 amide bonds. The number of carbonyl (C=O) groups is 2. The average molecular weight is 546 g/mol. The van der Waals surface area contributed by atoms with Crippen LogP contribution in [0, 0.1) is 10.1 Å². The standard InChI is InChI=1S/C27H19N3O8S/c1-36-17-6-7-18-21(13-17)39-27(28-18)29-23(14-3-2-4-16(11-14)30(34)35)22(25(32)26(29)33)24(31)15-5-8-19-20(12-15)38-10-9-37-19/h2-8,11-13,23,31H,9-10H2,1H3/b24-22+. The van der Waals surface area contributed by atoms with Crippen molar-refractivity contribution >= 4 is 49.8 Å². The fourth-order valence-electron chi connectivity index (χ4n) is 4.62. The van der Waals surface area contributed by atoms with Crippen LogP contribution in [-0.2, 0) is 9.59 Å². The van der Waals surface area contributed by atoms with E-state index in [1.807, 2.05) is 0 Å². The first-order valence-electron chi connectivity index (χ1n) is 11.8. The molecule has 1 fully saturated rings. The van der Waals surface area contributed by atoms with Gasteiger partial charge in [0.2, 0.25) is 0 Å². The third kappa shape index (κ3) is 4.10. The summed E-state index contributed by atoms with van der Waals surface area (Å²) in [5.74, 6) is -0.863. The smallest absolute Gasteiger partial charge is 0.301 e. The van der Waals surface area contributed by atoms with Gasteiger partial charge in [-0.3, -0.25) is 24.6 Å². The quantitative estimate of drug-likeness (QED) is 0.125. The predicted octanol–water partition coefficient (Wildman–Crippen LogP) is 4.61. The second-order valence-electron chi connectivity index (χ2n) is 8.71. The maximum absolute atomic E-state index is 13.5. The Kier molecular flexibility index (Phi) is 5.88. The number of hydrogen-bond acceptors (Lipinski definition) is 10. The number of carbonyl (C=O) groups excluding carboxylic acids is 2. The van der Waals surface area contributed by atoms with Crippen molar-refractivity contribution in [1.29, 1.82) is 0 Å². The number of aliphatic hydroxyl groups is 1. The Bertz CT molecular complexity index is 1710. The van der Waals surface area contributed by atoms with Gasteiger partial charge in [-0.1, -0.05) is 23.5 Å². The fraction of sp³-hybridized carbons (Fsp3) is 0.148. The molecule has 3 aromatic carbocycles. The largest absolute Gasteiger partial charge is 0.507 e. The lowest BCUT2D eigenvalue weighted by Gasteiger charge is -2.23. The zero-order valence-corrected chi connectivity index (χ0v) is 21.1. The van der Waals surface area contributed by atoms with Crippen LogP contribution in [0.1, 0.15) is 17.2 Å². The SMILES string of the molecule is COc1ccc2nc(N3C(=O)C(=O)/C(=C(/O)c4ccc5c(c4)OCCO5)C3c3cccc([N+](=O)[O-])c3)sc2c1. The Morgan fingerprint density at radius 1 is 1.10 bits per heavy atom. The Hall–Kier alpha value is -4.97. The number of nitro groups is 1. The molecule has 6 rings (SSSR count). The number of rotatable bonds is 5. The van der Waals surface area contributed by atoms with E-state index in [9.17, 15) is 24.8 Å². The average Bonchev–Trinajstić information content (AvgIpc) is 3.49. The summed E-state index contributed by atoms with van der Waals surface area (Å²) in [6.45, 7) is 0.696. The summed E-state index contributed by atoms with van der Waals surface area (Å²) in [4.78, 5) is 43.7. The number of hydrogen-bond donors (Lipinski definition) is 1. The van der Waals surface area contributed by atoms with Gasteiger partial charge < -0.3 is 19.3 Å². The van der Waals surface area contributed by atoms with Crippen molar-refractivity contribution < 1.29 is 33.8 Å². The molecule has 1 atom stereocenters. The zero-order valence-electron chi connectivity index (χ0n) is 20.3. The Labute approximate surface area is 224 Å². The van der Waals surface area contributed by atoms with Gasteiger partial charge in [-0.05, 0) is 42.0 Å². The molecule has 0 spiro atoms. The van der Waals surface area contributed by atoms with Gasteiger partial charge in [0, 0.05) is 17.7 Å². The highest BCUT2D eigenvalue weighted by Gasteiger charge is 2.48. The lowest BCUT2D eigenvalue weighted by molar-refractivity contribution is -0.384. The number of Topliss-reactive ketones (excluding diaryl/α,β-unsaturated/α-hetero) is 1. The molecule has 1 saturated heterocycles. The zero-order chi connectivity index (χ0) is 27.3. The van der Waals surface area contributed by atoms with Crippen LogP contribution in [0.2, 0.25) is 0 Å². The first kappa shape index (κ1) is 24.4. The number of non-ortho nitro benzene ring substituents is 1. The third-order valence-electron chi connectivity index (χ3n) is 6.45. The van der Waals surface area contributed by atoms with Gasteiger partial charge in [0.15, 0.2) is 16.6 Å². The van der Waals surface area contributed by atoms with Crippen molar-refractivity contribution in [3.63, 3.8) is 0 Å². The molecule has 0 radical (unpaired) electrons. The number of fused-ring (bicyclic) bond motifs is 2. The topological polar surface area (TPSA) is 141 Å². The number of thiazole rings is 1. The van der Waals surface area contributed by atoms with Crippen molar-refractivity contribution in [3.8, 4) is 17.2 Å². The van der Waals surface area contributed by atoms with E-state index in [4.69, 9.17) is 14.2 Å². The second kappa shape index (κ2) is 9.40. The molecule has 1 aromatic heterocycles. The van der Waals surface area contributed by atoms with E-state index in [1.54, 1.807) is 36.4 Å². The van der Waals surface area contributed by atoms with Gasteiger partial charge in [0.25, 0.3) is 11.5 Å². The highest BCUT2D eigenvalue weighted by Crippen LogP contribution is 2.45. The molecule has 1 N–H and O–H groups in total. The molecular weight excluding hydrogens is 526 g/mol. The predicted molar refractivity (Wildman–Crippen MR) is 141 cm³/mol. The van der Waals surface area contributed by atoms with Gasteiger partial charge in [-0.2, -0.15) is 0 Å². The van der Waals surface area contributed by atoms with E-state index in [1.165, 1.54) is 36.3 Å². The van der Waals surface area contributed by atoms with Crippen molar-refractivity contribution in [2.45, 2.75) is 6.04 Å². The minimum absolute atomic E-state index is 0.193. The van der Waals surface area contributed by atoms with E-state index < -0.39 is 28.4 Å². The highest BCUT2D eigenvalue weighted by atomic mass is 32.1. The number of aliphatic hydroxyl groups excluding tert-OH is 1. The van der Waals surface area contributed by atoms with Crippen LogP contribution in [0.25, 0.3) is 16.0 Å². The first-order chi connectivity index (χ1) is 18.9. The summed E-state index contributed by atoms with van der Waals surface area (Å²) in [6, 6.07) is 14.3. The lowest BCUT2D eigenvalue weighted by Crippen LogP contribution is -2.29. The summed E-state index contributed by atoms with van der Waals surface area (Å²) >= 11 is 1.15. The van der Waals surface area contributed by atoms with Crippen molar-refractivity contribution in [1.82, 2.24) is 4.98 Å². The molecule has 4 aromatic rings. The van der Waals surface area contributed by atoms with Gasteiger partial charge in [0.05, 0.1) is 33.9 Å². The molecular formula is C27H19N3O8S. The van der Waals surface area contributed by atoms with Crippen LogP contribution in [-0.4, -0.2) is 47.0 Å². The van der Waals surface area contributed by atoms with E-state index in [0.29, 0.717) is 40.7 Å². The van der Waals surface area contributed by atoms with Gasteiger partial charge in [-0.15, -0.1) is 0 Å². The number of ketones is 1. The molecule has 0 saturated carbocycles. The summed E-state index contributed by atoms with van der Waals surface area (Å²) in [6.07, 6.45) is 0. The number of amides is 1. The molecule has 12 heteroatoms. The van der Waals surface area contributed by atoms with Gasteiger partial charge >= 0.3 is 5.91 Å². The molecule has 3 heterocycles. The number of nitrogens with zero attached hydrogens (tertiary/aromatic N) is 3. The summed E-state index contributed by atoms with van der Waals surface area (Å²) in [7, 11) is 1.53.